The maximum atomic E-state index is 11.9. The number of likely N-dealkylation sites (tertiary alicyclic amines) is 1. The van der Waals surface area contributed by atoms with Gasteiger partial charge >= 0.3 is 0 Å². The summed E-state index contributed by atoms with van der Waals surface area (Å²) in [7, 11) is 3.52. The Bertz CT molecular complexity index is 546. The van der Waals surface area contributed by atoms with Gasteiger partial charge in [-0.3, -0.25) is 14.5 Å². The third kappa shape index (κ3) is 4.24. The van der Waals surface area contributed by atoms with E-state index in [0.717, 1.165) is 30.9 Å². The highest BCUT2D eigenvalue weighted by molar-refractivity contribution is 5.77. The second kappa shape index (κ2) is 7.31. The summed E-state index contributed by atoms with van der Waals surface area (Å²) >= 11 is 0. The van der Waals surface area contributed by atoms with Gasteiger partial charge in [-0.05, 0) is 25.5 Å². The molecule has 0 bridgehead atoms. The van der Waals surface area contributed by atoms with Crippen LogP contribution in [0.3, 0.4) is 0 Å². The molecule has 0 aromatic carbocycles. The molecule has 2 rings (SSSR count). The maximum Gasteiger partial charge on any atom is 0.236 e. The van der Waals surface area contributed by atoms with Gasteiger partial charge in [-0.25, -0.2) is 9.97 Å². The lowest BCUT2D eigenvalue weighted by Gasteiger charge is -2.24. The number of hydrogen-bond donors (Lipinski definition) is 1. The molecule has 1 fully saturated rings. The summed E-state index contributed by atoms with van der Waals surface area (Å²) in [6, 6.07) is 1.87. The summed E-state index contributed by atoms with van der Waals surface area (Å²) in [6.45, 7) is 3.14. The summed E-state index contributed by atoms with van der Waals surface area (Å²) in [5.74, 6) is 0.729. The highest BCUT2D eigenvalue weighted by atomic mass is 16.2. The third-order valence-electron chi connectivity index (χ3n) is 3.75. The second-order valence-electron chi connectivity index (χ2n) is 5.73. The quantitative estimate of drug-likeness (QED) is 0.848. The first-order valence-corrected chi connectivity index (χ1v) is 7.48. The Balaban J connectivity index is 2.07. The molecule has 0 aliphatic carbocycles. The minimum Gasteiger partial charge on any atom is -0.351 e. The number of nitrogens with one attached hydrogen (secondary N) is 1. The Labute approximate surface area is 130 Å². The van der Waals surface area contributed by atoms with Crippen LogP contribution in [0, 0.1) is 0 Å². The molecule has 1 saturated heterocycles. The van der Waals surface area contributed by atoms with Gasteiger partial charge in [0, 0.05) is 27.2 Å². The number of likely N-dealkylation sites (N-methyl/N-ethyl adjacent to an activating group) is 1. The van der Waals surface area contributed by atoms with E-state index in [2.05, 4.69) is 20.2 Å². The summed E-state index contributed by atoms with van der Waals surface area (Å²) in [5.41, 5.74) is 0.783. The molecule has 0 unspecified atom stereocenters. The number of rotatable bonds is 5. The topological polar surface area (TPSA) is 78.4 Å². The first kappa shape index (κ1) is 16.4. The van der Waals surface area contributed by atoms with Crippen LogP contribution in [0.1, 0.15) is 37.3 Å². The number of nitrogens with zero attached hydrogens (tertiary/aromatic N) is 4. The number of aromatic nitrogens is 2. The average molecular weight is 305 g/mol. The molecule has 0 radical (unpaired) electrons. The van der Waals surface area contributed by atoms with E-state index in [9.17, 15) is 9.59 Å². The van der Waals surface area contributed by atoms with Crippen molar-refractivity contribution >= 4 is 11.8 Å². The molecule has 22 heavy (non-hydrogen) atoms. The normalized spacial score (nSPS) is 18.2. The van der Waals surface area contributed by atoms with E-state index < -0.39 is 0 Å². The molecule has 1 atom stereocenters. The second-order valence-corrected chi connectivity index (χ2v) is 5.73. The summed E-state index contributed by atoms with van der Waals surface area (Å²) in [6.07, 6.45) is 3.69. The van der Waals surface area contributed by atoms with Crippen LogP contribution in [0.15, 0.2) is 12.3 Å². The van der Waals surface area contributed by atoms with Crippen LogP contribution < -0.4 is 5.32 Å². The largest absolute Gasteiger partial charge is 0.351 e. The SMILES string of the molecule is CC(=O)NCc1ccnc([C@@H]2CCCN2CC(=O)N(C)C)n1. The average Bonchev–Trinajstić information content (AvgIpc) is 2.93. The molecule has 1 N–H and O–H groups in total. The van der Waals surface area contributed by atoms with E-state index in [-0.39, 0.29) is 17.9 Å². The van der Waals surface area contributed by atoms with E-state index in [1.807, 2.05) is 0 Å². The molecule has 2 heterocycles. The number of carbonyl (C=O) groups excluding carboxylic acids is 2. The van der Waals surface area contributed by atoms with Crippen LogP contribution >= 0.6 is 0 Å². The van der Waals surface area contributed by atoms with E-state index in [4.69, 9.17) is 0 Å². The molecule has 2 amide bonds. The van der Waals surface area contributed by atoms with Crippen molar-refractivity contribution in [2.45, 2.75) is 32.4 Å². The maximum absolute atomic E-state index is 11.9. The molecule has 120 valence electrons. The Morgan fingerprint density at radius 1 is 1.45 bits per heavy atom. The fourth-order valence-electron chi connectivity index (χ4n) is 2.51. The minimum atomic E-state index is -0.0840. The van der Waals surface area contributed by atoms with Crippen LogP contribution in [-0.2, 0) is 16.1 Å². The molecule has 0 saturated carbocycles. The molecule has 1 aromatic heterocycles. The lowest BCUT2D eigenvalue weighted by atomic mass is 10.2. The minimum absolute atomic E-state index is 0.0705. The van der Waals surface area contributed by atoms with Crippen molar-refractivity contribution in [3.05, 3.63) is 23.8 Å². The molecule has 1 aromatic rings. The first-order valence-electron chi connectivity index (χ1n) is 7.48. The van der Waals surface area contributed by atoms with Crippen LogP contribution in [0.4, 0.5) is 0 Å². The van der Waals surface area contributed by atoms with Crippen LogP contribution in [-0.4, -0.2) is 58.8 Å². The van der Waals surface area contributed by atoms with Crippen molar-refractivity contribution in [1.82, 2.24) is 25.1 Å². The van der Waals surface area contributed by atoms with Crippen molar-refractivity contribution in [1.29, 1.82) is 0 Å². The molecular weight excluding hydrogens is 282 g/mol. The lowest BCUT2D eigenvalue weighted by Crippen LogP contribution is -2.36. The van der Waals surface area contributed by atoms with Gasteiger partial charge in [0.1, 0.15) is 5.82 Å². The van der Waals surface area contributed by atoms with Gasteiger partial charge < -0.3 is 10.2 Å². The highest BCUT2D eigenvalue weighted by Crippen LogP contribution is 2.29. The van der Waals surface area contributed by atoms with Gasteiger partial charge in [-0.1, -0.05) is 0 Å². The zero-order chi connectivity index (χ0) is 16.1. The Kier molecular flexibility index (Phi) is 5.43. The van der Waals surface area contributed by atoms with Gasteiger partial charge in [-0.15, -0.1) is 0 Å². The zero-order valence-corrected chi connectivity index (χ0v) is 13.4. The molecule has 7 nitrogen and oxygen atoms in total. The molecular formula is C15H23N5O2. The Morgan fingerprint density at radius 2 is 2.23 bits per heavy atom. The fraction of sp³-hybridized carbons (Fsp3) is 0.600. The smallest absolute Gasteiger partial charge is 0.236 e. The number of carbonyl (C=O) groups is 2. The van der Waals surface area contributed by atoms with Gasteiger partial charge in [0.05, 0.1) is 24.8 Å². The highest BCUT2D eigenvalue weighted by Gasteiger charge is 2.30. The lowest BCUT2D eigenvalue weighted by molar-refractivity contribution is -0.130. The van der Waals surface area contributed by atoms with Crippen LogP contribution in [0.2, 0.25) is 0 Å². The monoisotopic (exact) mass is 305 g/mol. The molecule has 1 aliphatic heterocycles. The van der Waals surface area contributed by atoms with Crippen LogP contribution in [0.25, 0.3) is 0 Å². The molecule has 7 heteroatoms. The number of hydrogen-bond acceptors (Lipinski definition) is 5. The van der Waals surface area contributed by atoms with Crippen molar-refractivity contribution in [3.63, 3.8) is 0 Å². The summed E-state index contributed by atoms with van der Waals surface area (Å²) in [5, 5.41) is 2.73. The summed E-state index contributed by atoms with van der Waals surface area (Å²) < 4.78 is 0. The van der Waals surface area contributed by atoms with E-state index in [1.165, 1.54) is 6.92 Å². The fourth-order valence-corrected chi connectivity index (χ4v) is 2.51. The predicted molar refractivity (Wildman–Crippen MR) is 81.8 cm³/mol. The van der Waals surface area contributed by atoms with Crippen molar-refractivity contribution < 1.29 is 9.59 Å². The van der Waals surface area contributed by atoms with Gasteiger partial charge in [-0.2, -0.15) is 0 Å². The van der Waals surface area contributed by atoms with E-state index >= 15 is 0 Å². The van der Waals surface area contributed by atoms with Gasteiger partial charge in [0.15, 0.2) is 0 Å². The Morgan fingerprint density at radius 3 is 2.91 bits per heavy atom. The molecule has 0 spiro atoms. The zero-order valence-electron chi connectivity index (χ0n) is 13.4. The summed E-state index contributed by atoms with van der Waals surface area (Å²) in [4.78, 5) is 35.5. The standard InChI is InChI=1S/C15H23N5O2/c1-11(21)17-9-12-6-7-16-15(18-12)13-5-4-8-20(13)10-14(22)19(2)3/h6-7,13H,4-5,8-10H2,1-3H3,(H,17,21)/t13-/m0/s1. The number of amides is 2. The van der Waals surface area contributed by atoms with E-state index in [1.54, 1.807) is 31.3 Å². The predicted octanol–water partition coefficient (Wildman–Crippen LogP) is 0.338. The Hall–Kier alpha value is -2.02. The van der Waals surface area contributed by atoms with Crippen molar-refractivity contribution in [2.24, 2.45) is 0 Å². The van der Waals surface area contributed by atoms with Gasteiger partial charge in [0.2, 0.25) is 11.8 Å². The first-order chi connectivity index (χ1) is 10.5. The molecule has 1 aliphatic rings. The van der Waals surface area contributed by atoms with Gasteiger partial charge in [0.25, 0.3) is 0 Å². The van der Waals surface area contributed by atoms with Crippen molar-refractivity contribution in [3.8, 4) is 0 Å². The third-order valence-corrected chi connectivity index (χ3v) is 3.75. The van der Waals surface area contributed by atoms with E-state index in [0.29, 0.717) is 13.1 Å². The van der Waals surface area contributed by atoms with Crippen molar-refractivity contribution in [2.75, 3.05) is 27.2 Å². The van der Waals surface area contributed by atoms with Crippen LogP contribution in [0.5, 0.6) is 0 Å².